The molecule has 3 heteroatoms. The van der Waals surface area contributed by atoms with Crippen molar-refractivity contribution in [2.45, 2.75) is 64.6 Å². The van der Waals surface area contributed by atoms with Gasteiger partial charge in [-0.05, 0) is 50.2 Å². The van der Waals surface area contributed by atoms with Crippen LogP contribution in [0.2, 0.25) is 0 Å². The Bertz CT molecular complexity index is 436. The van der Waals surface area contributed by atoms with Crippen molar-refractivity contribution in [3.05, 3.63) is 23.9 Å². The number of aromatic nitrogens is 1. The fourth-order valence-electron chi connectivity index (χ4n) is 2.53. The van der Waals surface area contributed by atoms with Gasteiger partial charge in [0.1, 0.15) is 5.82 Å². The average Bonchev–Trinajstić information content (AvgIpc) is 3.30. The molecule has 0 atom stereocenters. The van der Waals surface area contributed by atoms with Crippen molar-refractivity contribution in [1.82, 2.24) is 10.3 Å². The lowest BCUT2D eigenvalue weighted by Gasteiger charge is -2.25. The van der Waals surface area contributed by atoms with Crippen molar-refractivity contribution >= 4 is 5.82 Å². The largest absolute Gasteiger partial charge is 0.354 e. The van der Waals surface area contributed by atoms with Crippen molar-refractivity contribution in [2.75, 3.05) is 11.4 Å². The second kappa shape index (κ2) is 6.13. The predicted octanol–water partition coefficient (Wildman–Crippen LogP) is 3.35. The summed E-state index contributed by atoms with van der Waals surface area (Å²) in [6.07, 6.45) is 6.60. The van der Waals surface area contributed by atoms with Gasteiger partial charge in [-0.1, -0.05) is 19.9 Å². The molecular formula is C17H27N3. The molecule has 0 radical (unpaired) electrons. The lowest BCUT2D eigenvalue weighted by Crippen LogP contribution is -2.29. The monoisotopic (exact) mass is 273 g/mol. The minimum atomic E-state index is 0.743. The Morgan fingerprint density at radius 2 is 2.05 bits per heavy atom. The summed E-state index contributed by atoms with van der Waals surface area (Å²) in [6, 6.07) is 7.98. The lowest BCUT2D eigenvalue weighted by molar-refractivity contribution is 0.567. The molecule has 1 heterocycles. The minimum absolute atomic E-state index is 0.743. The van der Waals surface area contributed by atoms with Gasteiger partial charge in [0.2, 0.25) is 0 Å². The van der Waals surface area contributed by atoms with E-state index in [-0.39, 0.29) is 0 Å². The molecule has 2 fully saturated rings. The molecule has 110 valence electrons. The summed E-state index contributed by atoms with van der Waals surface area (Å²) in [4.78, 5) is 7.40. The predicted molar refractivity (Wildman–Crippen MR) is 83.9 cm³/mol. The summed E-state index contributed by atoms with van der Waals surface area (Å²) >= 11 is 0. The zero-order chi connectivity index (χ0) is 13.9. The second-order valence-corrected chi connectivity index (χ2v) is 6.75. The quantitative estimate of drug-likeness (QED) is 0.787. The molecule has 2 aliphatic rings. The highest BCUT2D eigenvalue weighted by atomic mass is 15.2. The topological polar surface area (TPSA) is 28.2 Å². The number of nitrogens with one attached hydrogen (secondary N) is 1. The summed E-state index contributed by atoms with van der Waals surface area (Å²) < 4.78 is 0. The molecule has 0 saturated heterocycles. The number of hydrogen-bond donors (Lipinski definition) is 1. The Balaban J connectivity index is 1.64. The standard InChI is InChI=1S/C17H27N3/c1-13(2)10-11-20(16-8-9-16)17-5-3-4-15(19-17)12-18-14-6-7-14/h3-5,13-14,16,18H,6-12H2,1-2H3. The Labute approximate surface area is 122 Å². The van der Waals surface area contributed by atoms with Crippen LogP contribution in [0.25, 0.3) is 0 Å². The maximum atomic E-state index is 4.88. The van der Waals surface area contributed by atoms with Gasteiger partial charge < -0.3 is 10.2 Å². The maximum absolute atomic E-state index is 4.88. The second-order valence-electron chi connectivity index (χ2n) is 6.75. The smallest absolute Gasteiger partial charge is 0.129 e. The van der Waals surface area contributed by atoms with Crippen molar-refractivity contribution in [2.24, 2.45) is 5.92 Å². The maximum Gasteiger partial charge on any atom is 0.129 e. The van der Waals surface area contributed by atoms with Crippen LogP contribution in [0, 0.1) is 5.92 Å². The van der Waals surface area contributed by atoms with Gasteiger partial charge in [-0.15, -0.1) is 0 Å². The molecule has 0 aromatic carbocycles. The van der Waals surface area contributed by atoms with E-state index in [9.17, 15) is 0 Å². The highest BCUT2D eigenvalue weighted by Gasteiger charge is 2.30. The molecule has 2 saturated carbocycles. The minimum Gasteiger partial charge on any atom is -0.354 e. The van der Waals surface area contributed by atoms with Gasteiger partial charge >= 0.3 is 0 Å². The fourth-order valence-corrected chi connectivity index (χ4v) is 2.53. The van der Waals surface area contributed by atoms with Gasteiger partial charge in [0, 0.05) is 25.2 Å². The van der Waals surface area contributed by atoms with E-state index in [1.165, 1.54) is 43.6 Å². The van der Waals surface area contributed by atoms with E-state index in [1.807, 2.05) is 0 Å². The number of hydrogen-bond acceptors (Lipinski definition) is 3. The summed E-state index contributed by atoms with van der Waals surface area (Å²) in [5.41, 5.74) is 1.18. The summed E-state index contributed by atoms with van der Waals surface area (Å²) in [5.74, 6) is 1.94. The van der Waals surface area contributed by atoms with E-state index in [0.717, 1.165) is 31.1 Å². The molecule has 1 aromatic heterocycles. The molecule has 3 nitrogen and oxygen atoms in total. The molecule has 0 unspecified atom stereocenters. The zero-order valence-electron chi connectivity index (χ0n) is 12.8. The molecule has 0 aliphatic heterocycles. The summed E-state index contributed by atoms with van der Waals surface area (Å²) in [6.45, 7) is 6.67. The van der Waals surface area contributed by atoms with E-state index in [0.29, 0.717) is 0 Å². The van der Waals surface area contributed by atoms with Crippen LogP contribution in [-0.4, -0.2) is 23.6 Å². The summed E-state index contributed by atoms with van der Waals surface area (Å²) in [5, 5.41) is 3.55. The molecule has 3 rings (SSSR count). The van der Waals surface area contributed by atoms with Gasteiger partial charge in [-0.3, -0.25) is 0 Å². The highest BCUT2D eigenvalue weighted by Crippen LogP contribution is 2.31. The first-order valence-corrected chi connectivity index (χ1v) is 8.18. The van der Waals surface area contributed by atoms with Gasteiger partial charge in [0.25, 0.3) is 0 Å². The third-order valence-electron chi connectivity index (χ3n) is 4.17. The van der Waals surface area contributed by atoms with Crippen LogP contribution >= 0.6 is 0 Å². The van der Waals surface area contributed by atoms with Crippen molar-refractivity contribution in [3.63, 3.8) is 0 Å². The van der Waals surface area contributed by atoms with Crippen molar-refractivity contribution in [1.29, 1.82) is 0 Å². The van der Waals surface area contributed by atoms with Crippen LogP contribution in [0.3, 0.4) is 0 Å². The molecule has 20 heavy (non-hydrogen) atoms. The molecule has 2 aliphatic carbocycles. The molecular weight excluding hydrogens is 246 g/mol. The summed E-state index contributed by atoms with van der Waals surface area (Å²) in [7, 11) is 0. The van der Waals surface area contributed by atoms with Crippen LogP contribution in [0.5, 0.6) is 0 Å². The van der Waals surface area contributed by atoms with Crippen molar-refractivity contribution < 1.29 is 0 Å². The number of anilines is 1. The van der Waals surface area contributed by atoms with Crippen LogP contribution in [0.4, 0.5) is 5.82 Å². The molecule has 0 bridgehead atoms. The van der Waals surface area contributed by atoms with E-state index in [1.54, 1.807) is 0 Å². The molecule has 0 amide bonds. The fraction of sp³-hybridized carbons (Fsp3) is 0.706. The third kappa shape index (κ3) is 3.95. The third-order valence-corrected chi connectivity index (χ3v) is 4.17. The van der Waals surface area contributed by atoms with Crippen molar-refractivity contribution in [3.8, 4) is 0 Å². The van der Waals surface area contributed by atoms with Gasteiger partial charge in [-0.2, -0.15) is 0 Å². The van der Waals surface area contributed by atoms with Crippen LogP contribution in [-0.2, 0) is 6.54 Å². The number of pyridine rings is 1. The van der Waals surface area contributed by atoms with Crippen LogP contribution < -0.4 is 10.2 Å². The van der Waals surface area contributed by atoms with Crippen LogP contribution in [0.1, 0.15) is 51.6 Å². The van der Waals surface area contributed by atoms with Gasteiger partial charge in [0.15, 0.2) is 0 Å². The number of rotatable bonds is 8. The van der Waals surface area contributed by atoms with Gasteiger partial charge in [0.05, 0.1) is 5.69 Å². The normalized spacial score (nSPS) is 18.6. The van der Waals surface area contributed by atoms with E-state index >= 15 is 0 Å². The van der Waals surface area contributed by atoms with E-state index in [2.05, 4.69) is 42.3 Å². The Morgan fingerprint density at radius 3 is 2.70 bits per heavy atom. The van der Waals surface area contributed by atoms with Gasteiger partial charge in [-0.25, -0.2) is 4.98 Å². The average molecular weight is 273 g/mol. The SMILES string of the molecule is CC(C)CCN(c1cccc(CNC2CC2)n1)C1CC1. The van der Waals surface area contributed by atoms with E-state index < -0.39 is 0 Å². The highest BCUT2D eigenvalue weighted by molar-refractivity contribution is 5.42. The first-order valence-electron chi connectivity index (χ1n) is 8.18. The Morgan fingerprint density at radius 1 is 1.25 bits per heavy atom. The Kier molecular flexibility index (Phi) is 4.25. The van der Waals surface area contributed by atoms with E-state index in [4.69, 9.17) is 4.98 Å². The zero-order valence-corrected chi connectivity index (χ0v) is 12.8. The molecule has 1 N–H and O–H groups in total. The van der Waals surface area contributed by atoms with Crippen LogP contribution in [0.15, 0.2) is 18.2 Å². The molecule has 1 aromatic rings. The Hall–Kier alpha value is -1.09. The first-order chi connectivity index (χ1) is 9.72. The molecule has 0 spiro atoms. The lowest BCUT2D eigenvalue weighted by atomic mass is 10.1. The number of nitrogens with zero attached hydrogens (tertiary/aromatic N) is 2. The first kappa shape index (κ1) is 13.9.